The van der Waals surface area contributed by atoms with Crippen molar-refractivity contribution < 1.29 is 29.6 Å². The second kappa shape index (κ2) is 7.68. The molecule has 2 amide bonds. The van der Waals surface area contributed by atoms with Gasteiger partial charge in [0.1, 0.15) is 24.4 Å². The number of aliphatic hydroxyl groups excluding tert-OH is 3. The molecule has 1 aromatic heterocycles. The molecule has 0 saturated carbocycles. The number of aliphatic hydroxyl groups is 3. The third-order valence-corrected chi connectivity index (χ3v) is 4.63. The molecule has 7 N–H and O–H groups in total. The van der Waals surface area contributed by atoms with Crippen LogP contribution in [0.3, 0.4) is 0 Å². The van der Waals surface area contributed by atoms with Crippen LogP contribution in [0.2, 0.25) is 0 Å². The van der Waals surface area contributed by atoms with Crippen molar-refractivity contribution in [1.29, 1.82) is 0 Å². The van der Waals surface area contributed by atoms with Crippen LogP contribution in [0.15, 0.2) is 6.33 Å². The zero-order valence-electron chi connectivity index (χ0n) is 14.2. The van der Waals surface area contributed by atoms with Gasteiger partial charge in [-0.3, -0.25) is 14.9 Å². The summed E-state index contributed by atoms with van der Waals surface area (Å²) in [5, 5.41) is 37.7. The average Bonchev–Trinajstić information content (AvgIpc) is 3.08. The summed E-state index contributed by atoms with van der Waals surface area (Å²) < 4.78 is 5.49. The topological polar surface area (TPSA) is 169 Å². The molecule has 6 atom stereocenters. The van der Waals surface area contributed by atoms with Crippen LogP contribution in [0.4, 0.5) is 0 Å². The van der Waals surface area contributed by atoms with Gasteiger partial charge < -0.3 is 35.7 Å². The molecular formula is C15H23N5O6. The van der Waals surface area contributed by atoms with Crippen molar-refractivity contribution in [2.24, 2.45) is 0 Å². The maximum absolute atomic E-state index is 12.6. The summed E-state index contributed by atoms with van der Waals surface area (Å²) in [6, 6.07) is -1.62. The smallest absolute Gasteiger partial charge is 0.239 e. The predicted octanol–water partition coefficient (Wildman–Crippen LogP) is -3.52. The van der Waals surface area contributed by atoms with E-state index in [0.29, 0.717) is 13.0 Å². The number of H-pyrrole nitrogens is 1. The van der Waals surface area contributed by atoms with Crippen molar-refractivity contribution in [2.45, 2.75) is 56.5 Å². The summed E-state index contributed by atoms with van der Waals surface area (Å²) in [7, 11) is 0. The molecule has 0 aromatic carbocycles. The summed E-state index contributed by atoms with van der Waals surface area (Å²) in [6.45, 7) is 1.16. The molecule has 2 aliphatic heterocycles. The van der Waals surface area contributed by atoms with Crippen LogP contribution >= 0.6 is 0 Å². The van der Waals surface area contributed by atoms with E-state index in [2.05, 4.69) is 25.9 Å². The second-order valence-electron chi connectivity index (χ2n) is 6.46. The predicted molar refractivity (Wildman–Crippen MR) is 86.4 cm³/mol. The van der Waals surface area contributed by atoms with Crippen molar-refractivity contribution in [3.63, 3.8) is 0 Å². The number of nitrogens with one attached hydrogen (secondary N) is 4. The average molecular weight is 369 g/mol. The first-order chi connectivity index (χ1) is 12.4. The highest BCUT2D eigenvalue weighted by Crippen LogP contribution is 2.20. The fraction of sp³-hybridized carbons (Fsp3) is 0.667. The Morgan fingerprint density at radius 3 is 2.81 bits per heavy atom. The van der Waals surface area contributed by atoms with E-state index in [0.717, 1.165) is 11.4 Å². The van der Waals surface area contributed by atoms with E-state index in [9.17, 15) is 24.9 Å². The quantitative estimate of drug-likeness (QED) is 0.287. The van der Waals surface area contributed by atoms with Gasteiger partial charge >= 0.3 is 0 Å². The molecule has 3 heterocycles. The Labute approximate surface area is 149 Å². The van der Waals surface area contributed by atoms with E-state index in [4.69, 9.17) is 4.74 Å². The number of nitrogens with zero attached hydrogens (tertiary/aromatic N) is 1. The summed E-state index contributed by atoms with van der Waals surface area (Å²) in [6.07, 6.45) is -3.07. The minimum absolute atomic E-state index is 0.372. The van der Waals surface area contributed by atoms with E-state index in [-0.39, 0.29) is 0 Å². The first-order valence-electron chi connectivity index (χ1n) is 8.35. The Balaban J connectivity index is 1.70. The highest BCUT2D eigenvalue weighted by Gasteiger charge is 2.45. The van der Waals surface area contributed by atoms with Crippen LogP contribution in [0.5, 0.6) is 0 Å². The van der Waals surface area contributed by atoms with E-state index in [1.54, 1.807) is 6.33 Å². The lowest BCUT2D eigenvalue weighted by Gasteiger charge is -2.43. The number of hydrogen-bond donors (Lipinski definition) is 7. The Morgan fingerprint density at radius 2 is 2.12 bits per heavy atom. The molecule has 11 nitrogen and oxygen atoms in total. The first kappa shape index (κ1) is 18.7. The zero-order valence-corrected chi connectivity index (χ0v) is 14.2. The Bertz CT molecular complexity index is 667. The number of ether oxygens (including phenoxy) is 1. The lowest BCUT2D eigenvalue weighted by molar-refractivity contribution is -0.203. The van der Waals surface area contributed by atoms with E-state index < -0.39 is 55.0 Å². The molecule has 0 bridgehead atoms. The van der Waals surface area contributed by atoms with Gasteiger partial charge in [0.05, 0.1) is 30.4 Å². The molecule has 0 unspecified atom stereocenters. The summed E-state index contributed by atoms with van der Waals surface area (Å²) in [5.41, 5.74) is 1.70. The number of amides is 2. The maximum atomic E-state index is 12.6. The molecule has 1 aromatic rings. The summed E-state index contributed by atoms with van der Waals surface area (Å²) in [4.78, 5) is 31.2. The van der Waals surface area contributed by atoms with E-state index in [1.807, 2.05) is 0 Å². The number of rotatable bonds is 4. The van der Waals surface area contributed by atoms with Crippen molar-refractivity contribution in [3.05, 3.63) is 17.7 Å². The second-order valence-corrected chi connectivity index (χ2v) is 6.46. The largest absolute Gasteiger partial charge is 0.394 e. The van der Waals surface area contributed by atoms with E-state index in [1.165, 1.54) is 6.92 Å². The van der Waals surface area contributed by atoms with Crippen LogP contribution < -0.4 is 16.0 Å². The Kier molecular flexibility index (Phi) is 5.53. The number of aromatic amines is 1. The van der Waals surface area contributed by atoms with Gasteiger partial charge in [0.2, 0.25) is 11.8 Å². The van der Waals surface area contributed by atoms with Gasteiger partial charge in [-0.05, 0) is 0 Å². The van der Waals surface area contributed by atoms with Crippen molar-refractivity contribution >= 4 is 11.8 Å². The first-order valence-corrected chi connectivity index (χ1v) is 8.35. The lowest BCUT2D eigenvalue weighted by Crippen LogP contribution is -2.69. The van der Waals surface area contributed by atoms with Gasteiger partial charge in [-0.2, -0.15) is 0 Å². The third-order valence-electron chi connectivity index (χ3n) is 4.63. The van der Waals surface area contributed by atoms with Gasteiger partial charge in [0, 0.05) is 19.9 Å². The molecule has 0 aliphatic carbocycles. The van der Waals surface area contributed by atoms with Crippen LogP contribution in [0, 0.1) is 0 Å². The molecule has 1 saturated heterocycles. The Hall–Kier alpha value is -2.05. The van der Waals surface area contributed by atoms with E-state index >= 15 is 0 Å². The molecule has 11 heteroatoms. The standard InChI is InChI=1S/C15H23N5O6/c1-6(22)19-11-13(24)12(23)10(4-21)26-15(11)20-14(25)8-2-7-9(3-16-8)18-5-17-7/h5,8,10-13,15-16,21,23-24H,2-4H2,1H3,(H,17,18)(H,19,22)(H,20,25)/t8-,10+,11+,12+,13+,15+/m0/s1. The maximum Gasteiger partial charge on any atom is 0.239 e. The van der Waals surface area contributed by atoms with Gasteiger partial charge in [-0.25, -0.2) is 4.98 Å². The number of fused-ring (bicyclic) bond motifs is 1. The number of carbonyl (C=O) groups excluding carboxylic acids is 2. The van der Waals surface area contributed by atoms with Crippen LogP contribution in [0.25, 0.3) is 0 Å². The number of hydrogen-bond acceptors (Lipinski definition) is 8. The van der Waals surface area contributed by atoms with Gasteiger partial charge in [0.25, 0.3) is 0 Å². The molecule has 26 heavy (non-hydrogen) atoms. The van der Waals surface area contributed by atoms with Crippen LogP contribution in [-0.4, -0.2) is 80.3 Å². The minimum atomic E-state index is -1.41. The fourth-order valence-electron chi connectivity index (χ4n) is 3.23. The number of carbonyl (C=O) groups is 2. The number of aromatic nitrogens is 2. The fourth-order valence-corrected chi connectivity index (χ4v) is 3.23. The summed E-state index contributed by atoms with van der Waals surface area (Å²) in [5.74, 6) is -0.859. The highest BCUT2D eigenvalue weighted by molar-refractivity contribution is 5.82. The van der Waals surface area contributed by atoms with Gasteiger partial charge in [-0.1, -0.05) is 0 Å². The minimum Gasteiger partial charge on any atom is -0.394 e. The molecular weight excluding hydrogens is 346 g/mol. The zero-order chi connectivity index (χ0) is 18.8. The molecule has 0 spiro atoms. The van der Waals surface area contributed by atoms with Gasteiger partial charge in [-0.15, -0.1) is 0 Å². The molecule has 0 radical (unpaired) electrons. The van der Waals surface area contributed by atoms with Gasteiger partial charge in [0.15, 0.2) is 6.23 Å². The molecule has 144 valence electrons. The van der Waals surface area contributed by atoms with Crippen molar-refractivity contribution in [3.8, 4) is 0 Å². The van der Waals surface area contributed by atoms with Crippen LogP contribution in [-0.2, 0) is 27.3 Å². The molecule has 1 fully saturated rings. The molecule has 3 rings (SSSR count). The van der Waals surface area contributed by atoms with Crippen molar-refractivity contribution in [1.82, 2.24) is 25.9 Å². The molecule has 2 aliphatic rings. The van der Waals surface area contributed by atoms with Crippen molar-refractivity contribution in [2.75, 3.05) is 6.61 Å². The third kappa shape index (κ3) is 3.71. The van der Waals surface area contributed by atoms with Crippen LogP contribution in [0.1, 0.15) is 18.3 Å². The summed E-state index contributed by atoms with van der Waals surface area (Å²) >= 11 is 0. The monoisotopic (exact) mass is 369 g/mol. The Morgan fingerprint density at radius 1 is 1.35 bits per heavy atom. The number of imidazole rings is 1. The normalized spacial score (nSPS) is 34.0. The lowest BCUT2D eigenvalue weighted by atomic mass is 9.95. The highest BCUT2D eigenvalue weighted by atomic mass is 16.5. The SMILES string of the molecule is CC(=O)N[C@@H]1[C@@H](O)[C@H](O)[C@@H](CO)O[C@H]1NC(=O)[C@@H]1Cc2nc[nH]c2CN1.